The van der Waals surface area contributed by atoms with Crippen LogP contribution < -0.4 is 5.32 Å². The maximum atomic E-state index is 12.4. The smallest absolute Gasteiger partial charge is 0.335 e. The number of benzene rings is 1. The van der Waals surface area contributed by atoms with Crippen LogP contribution in [0.4, 0.5) is 5.69 Å². The highest BCUT2D eigenvalue weighted by Crippen LogP contribution is 2.23. The molecule has 126 valence electrons. The van der Waals surface area contributed by atoms with Crippen LogP contribution >= 0.6 is 0 Å². The molecule has 1 aromatic rings. The topological polar surface area (TPSA) is 104 Å². The molecule has 0 saturated carbocycles. The zero-order chi connectivity index (χ0) is 17.0. The molecule has 1 aliphatic rings. The highest BCUT2D eigenvalue weighted by atomic mass is 32.2. The first-order valence-corrected chi connectivity index (χ1v) is 9.10. The standard InChI is InChI=1S/C15H20N2O5S/c1-2-10-23(21,22)17-9-3-4-13(17)14(18)16-12-7-5-11(6-8-12)15(19)20/h5-8,13H,2-4,9-10H2,1H3,(H,16,18)(H,19,20). The summed E-state index contributed by atoms with van der Waals surface area (Å²) < 4.78 is 25.7. The Labute approximate surface area is 135 Å². The molecule has 2 N–H and O–H groups in total. The fourth-order valence-corrected chi connectivity index (χ4v) is 4.38. The van der Waals surface area contributed by atoms with Crippen molar-refractivity contribution in [2.45, 2.75) is 32.2 Å². The van der Waals surface area contributed by atoms with E-state index in [1.54, 1.807) is 6.92 Å². The summed E-state index contributed by atoms with van der Waals surface area (Å²) in [5.74, 6) is -1.40. The van der Waals surface area contributed by atoms with Crippen LogP contribution in [-0.2, 0) is 14.8 Å². The predicted molar refractivity (Wildman–Crippen MR) is 85.8 cm³/mol. The molecule has 2 rings (SSSR count). The molecule has 1 saturated heterocycles. The van der Waals surface area contributed by atoms with Crippen LogP contribution in [0.25, 0.3) is 0 Å². The summed E-state index contributed by atoms with van der Waals surface area (Å²) in [4.78, 5) is 23.2. The van der Waals surface area contributed by atoms with E-state index in [0.29, 0.717) is 31.5 Å². The van der Waals surface area contributed by atoms with Crippen LogP contribution in [0.3, 0.4) is 0 Å². The van der Waals surface area contributed by atoms with Crippen LogP contribution in [0.1, 0.15) is 36.5 Å². The molecule has 0 spiro atoms. The Morgan fingerprint density at radius 3 is 2.52 bits per heavy atom. The number of carboxylic acid groups (broad SMARTS) is 1. The SMILES string of the molecule is CCCS(=O)(=O)N1CCCC1C(=O)Nc1ccc(C(=O)O)cc1. The highest BCUT2D eigenvalue weighted by Gasteiger charge is 2.38. The Kier molecular flexibility index (Phi) is 5.38. The van der Waals surface area contributed by atoms with Gasteiger partial charge in [0.05, 0.1) is 11.3 Å². The number of carboxylic acids is 1. The molecule has 1 heterocycles. The van der Waals surface area contributed by atoms with E-state index in [4.69, 9.17) is 5.11 Å². The number of rotatable bonds is 6. The van der Waals surface area contributed by atoms with Gasteiger partial charge in [-0.2, -0.15) is 4.31 Å². The summed E-state index contributed by atoms with van der Waals surface area (Å²) in [6.45, 7) is 2.14. The van der Waals surface area contributed by atoms with E-state index in [2.05, 4.69) is 5.32 Å². The summed E-state index contributed by atoms with van der Waals surface area (Å²) >= 11 is 0. The average molecular weight is 340 g/mol. The number of carbonyl (C=O) groups is 2. The van der Waals surface area contributed by atoms with Gasteiger partial charge in [-0.05, 0) is 43.5 Å². The third-order valence-electron chi connectivity index (χ3n) is 3.73. The molecular weight excluding hydrogens is 320 g/mol. The van der Waals surface area contributed by atoms with Gasteiger partial charge >= 0.3 is 5.97 Å². The molecule has 1 amide bonds. The third kappa shape index (κ3) is 4.08. The fraction of sp³-hybridized carbons (Fsp3) is 0.467. The van der Waals surface area contributed by atoms with Gasteiger partial charge in [-0.15, -0.1) is 0 Å². The molecular formula is C15H20N2O5S. The van der Waals surface area contributed by atoms with E-state index < -0.39 is 22.0 Å². The molecule has 1 aromatic carbocycles. The van der Waals surface area contributed by atoms with Crippen LogP contribution in [0.2, 0.25) is 0 Å². The number of aromatic carboxylic acids is 1. The van der Waals surface area contributed by atoms with E-state index in [1.807, 2.05) is 0 Å². The summed E-state index contributed by atoms with van der Waals surface area (Å²) in [6, 6.07) is 5.05. The van der Waals surface area contributed by atoms with E-state index in [9.17, 15) is 18.0 Å². The normalized spacial score (nSPS) is 18.7. The number of hydrogen-bond donors (Lipinski definition) is 2. The number of anilines is 1. The second-order valence-corrected chi connectivity index (χ2v) is 7.50. The van der Waals surface area contributed by atoms with Crippen molar-refractivity contribution in [2.24, 2.45) is 0 Å². The molecule has 0 bridgehead atoms. The lowest BCUT2D eigenvalue weighted by molar-refractivity contribution is -0.119. The van der Waals surface area contributed by atoms with Crippen molar-refractivity contribution in [3.8, 4) is 0 Å². The monoisotopic (exact) mass is 340 g/mol. The summed E-state index contributed by atoms with van der Waals surface area (Å²) in [5, 5.41) is 11.5. The number of sulfonamides is 1. The number of nitrogens with zero attached hydrogens (tertiary/aromatic N) is 1. The van der Waals surface area contributed by atoms with Crippen molar-refractivity contribution in [2.75, 3.05) is 17.6 Å². The van der Waals surface area contributed by atoms with Gasteiger partial charge in [0, 0.05) is 12.2 Å². The molecule has 1 fully saturated rings. The van der Waals surface area contributed by atoms with Crippen molar-refractivity contribution in [1.82, 2.24) is 4.31 Å². The van der Waals surface area contributed by atoms with Gasteiger partial charge in [0.25, 0.3) is 0 Å². The van der Waals surface area contributed by atoms with Crippen molar-refractivity contribution < 1.29 is 23.1 Å². The first-order chi connectivity index (χ1) is 10.8. The van der Waals surface area contributed by atoms with Gasteiger partial charge in [-0.25, -0.2) is 13.2 Å². The second-order valence-electron chi connectivity index (χ2n) is 5.46. The quantitative estimate of drug-likeness (QED) is 0.817. The average Bonchev–Trinajstić information content (AvgIpc) is 2.98. The van der Waals surface area contributed by atoms with Crippen LogP contribution in [0.5, 0.6) is 0 Å². The van der Waals surface area contributed by atoms with Crippen molar-refractivity contribution in [3.63, 3.8) is 0 Å². The molecule has 1 aliphatic heterocycles. The molecule has 8 heteroatoms. The minimum Gasteiger partial charge on any atom is -0.478 e. The molecule has 1 atom stereocenters. The van der Waals surface area contributed by atoms with E-state index in [1.165, 1.54) is 28.6 Å². The summed E-state index contributed by atoms with van der Waals surface area (Å²) in [5.41, 5.74) is 0.566. The maximum absolute atomic E-state index is 12.4. The number of nitrogens with one attached hydrogen (secondary N) is 1. The maximum Gasteiger partial charge on any atom is 0.335 e. The van der Waals surface area contributed by atoms with Crippen molar-refractivity contribution >= 4 is 27.6 Å². The Balaban J connectivity index is 2.09. The Hall–Kier alpha value is -1.93. The Morgan fingerprint density at radius 2 is 1.96 bits per heavy atom. The molecule has 1 unspecified atom stereocenters. The van der Waals surface area contributed by atoms with E-state index in [-0.39, 0.29) is 17.2 Å². The molecule has 0 radical (unpaired) electrons. The van der Waals surface area contributed by atoms with Gasteiger partial charge in [-0.1, -0.05) is 6.92 Å². The Morgan fingerprint density at radius 1 is 1.30 bits per heavy atom. The second kappa shape index (κ2) is 7.10. The van der Waals surface area contributed by atoms with Gasteiger partial charge in [-0.3, -0.25) is 4.79 Å². The molecule has 0 aliphatic carbocycles. The molecule has 0 aromatic heterocycles. The van der Waals surface area contributed by atoms with Crippen molar-refractivity contribution in [1.29, 1.82) is 0 Å². The number of hydrogen-bond acceptors (Lipinski definition) is 4. The minimum absolute atomic E-state index is 0.0318. The first kappa shape index (κ1) is 17.4. The van der Waals surface area contributed by atoms with Crippen LogP contribution in [0.15, 0.2) is 24.3 Å². The Bertz CT molecular complexity index is 684. The van der Waals surface area contributed by atoms with Gasteiger partial charge in [0.15, 0.2) is 0 Å². The summed E-state index contributed by atoms with van der Waals surface area (Å²) in [7, 11) is -3.42. The van der Waals surface area contributed by atoms with Gasteiger partial charge < -0.3 is 10.4 Å². The van der Waals surface area contributed by atoms with Crippen molar-refractivity contribution in [3.05, 3.63) is 29.8 Å². The van der Waals surface area contributed by atoms with Crippen LogP contribution in [-0.4, -0.2) is 48.0 Å². The predicted octanol–water partition coefficient (Wildman–Crippen LogP) is 1.53. The zero-order valence-electron chi connectivity index (χ0n) is 12.9. The minimum atomic E-state index is -3.42. The van der Waals surface area contributed by atoms with Crippen LogP contribution in [0, 0.1) is 0 Å². The number of amides is 1. The largest absolute Gasteiger partial charge is 0.478 e. The number of carbonyl (C=O) groups excluding carboxylic acids is 1. The lowest BCUT2D eigenvalue weighted by Crippen LogP contribution is -2.44. The first-order valence-electron chi connectivity index (χ1n) is 7.49. The van der Waals surface area contributed by atoms with E-state index >= 15 is 0 Å². The highest BCUT2D eigenvalue weighted by molar-refractivity contribution is 7.89. The lowest BCUT2D eigenvalue weighted by Gasteiger charge is -2.23. The van der Waals surface area contributed by atoms with E-state index in [0.717, 1.165) is 0 Å². The van der Waals surface area contributed by atoms with Gasteiger partial charge in [0.2, 0.25) is 15.9 Å². The zero-order valence-corrected chi connectivity index (χ0v) is 13.7. The third-order valence-corrected chi connectivity index (χ3v) is 5.80. The molecule has 7 nitrogen and oxygen atoms in total. The van der Waals surface area contributed by atoms with Gasteiger partial charge in [0.1, 0.15) is 6.04 Å². The summed E-state index contributed by atoms with van der Waals surface area (Å²) in [6.07, 6.45) is 1.64. The fourth-order valence-electron chi connectivity index (χ4n) is 2.63. The lowest BCUT2D eigenvalue weighted by atomic mass is 10.2. The molecule has 23 heavy (non-hydrogen) atoms.